The number of anilines is 1. The zero-order valence-electron chi connectivity index (χ0n) is 13.3. The number of rotatable bonds is 7. The zero-order chi connectivity index (χ0) is 15.3. The van der Waals surface area contributed by atoms with Crippen molar-refractivity contribution in [1.29, 1.82) is 0 Å². The summed E-state index contributed by atoms with van der Waals surface area (Å²) in [5.74, 6) is 0.808. The number of hydrogen-bond acceptors (Lipinski definition) is 2. The Morgan fingerprint density at radius 1 is 1.19 bits per heavy atom. The van der Waals surface area contributed by atoms with Gasteiger partial charge in [0.05, 0.1) is 0 Å². The highest BCUT2D eigenvalue weighted by atomic mass is 16.1. The van der Waals surface area contributed by atoms with Gasteiger partial charge in [-0.25, -0.2) is 0 Å². The molecule has 0 spiro atoms. The van der Waals surface area contributed by atoms with E-state index >= 15 is 0 Å². The van der Waals surface area contributed by atoms with Crippen LogP contribution in [0.5, 0.6) is 0 Å². The van der Waals surface area contributed by atoms with Crippen molar-refractivity contribution in [2.24, 2.45) is 5.41 Å². The Labute approximate surface area is 126 Å². The molecule has 0 aliphatic rings. The summed E-state index contributed by atoms with van der Waals surface area (Å²) in [7, 11) is 0. The molecule has 0 fully saturated rings. The molecular formula is C18H26N2O. The second-order valence-corrected chi connectivity index (χ2v) is 6.57. The Morgan fingerprint density at radius 3 is 2.71 bits per heavy atom. The lowest BCUT2D eigenvalue weighted by Crippen LogP contribution is -2.24. The first-order valence-corrected chi connectivity index (χ1v) is 7.88. The van der Waals surface area contributed by atoms with Crippen molar-refractivity contribution in [1.82, 2.24) is 4.98 Å². The summed E-state index contributed by atoms with van der Waals surface area (Å²) in [5, 5.41) is 5.11. The predicted molar refractivity (Wildman–Crippen MR) is 91.0 cm³/mol. The Balaban J connectivity index is 2.05. The number of nitrogens with one attached hydrogen (secondary N) is 2. The third-order valence-corrected chi connectivity index (χ3v) is 3.97. The topological polar surface area (TPSA) is 44.9 Å². The minimum Gasteiger partial charge on any atom is -0.371 e. The van der Waals surface area contributed by atoms with E-state index in [1.807, 2.05) is 30.3 Å². The Morgan fingerprint density at radius 2 is 1.95 bits per heavy atom. The van der Waals surface area contributed by atoms with E-state index in [0.29, 0.717) is 0 Å². The average Bonchev–Trinajstić information content (AvgIpc) is 2.46. The van der Waals surface area contributed by atoms with E-state index in [2.05, 4.69) is 31.1 Å². The van der Waals surface area contributed by atoms with E-state index in [4.69, 9.17) is 0 Å². The SMILES string of the molecule is CCCCCC(C)(C)CNc1cc2ccccc2c(=O)[nH]1. The van der Waals surface area contributed by atoms with E-state index in [0.717, 1.165) is 23.1 Å². The third-order valence-electron chi connectivity index (χ3n) is 3.97. The molecule has 2 N–H and O–H groups in total. The van der Waals surface area contributed by atoms with Crippen LogP contribution in [0.2, 0.25) is 0 Å². The van der Waals surface area contributed by atoms with Crippen molar-refractivity contribution < 1.29 is 0 Å². The highest BCUT2D eigenvalue weighted by Gasteiger charge is 2.17. The maximum Gasteiger partial charge on any atom is 0.257 e. The molecule has 0 bridgehead atoms. The van der Waals surface area contributed by atoms with Crippen LogP contribution in [-0.2, 0) is 0 Å². The Kier molecular flexibility index (Phi) is 5.05. The van der Waals surface area contributed by atoms with Gasteiger partial charge in [-0.2, -0.15) is 0 Å². The van der Waals surface area contributed by atoms with Crippen LogP contribution in [0.25, 0.3) is 10.8 Å². The summed E-state index contributed by atoms with van der Waals surface area (Å²) in [4.78, 5) is 15.0. The normalized spacial score (nSPS) is 11.8. The predicted octanol–water partition coefficient (Wildman–Crippen LogP) is 4.55. The quantitative estimate of drug-likeness (QED) is 0.734. The van der Waals surface area contributed by atoms with E-state index in [1.165, 1.54) is 25.7 Å². The second-order valence-electron chi connectivity index (χ2n) is 6.57. The molecule has 2 aromatic rings. The van der Waals surface area contributed by atoms with Crippen LogP contribution in [0.4, 0.5) is 5.82 Å². The molecule has 0 unspecified atom stereocenters. The lowest BCUT2D eigenvalue weighted by Gasteiger charge is -2.25. The molecule has 0 radical (unpaired) electrons. The van der Waals surface area contributed by atoms with Gasteiger partial charge in [-0.15, -0.1) is 0 Å². The number of fused-ring (bicyclic) bond motifs is 1. The molecule has 2 rings (SSSR count). The van der Waals surface area contributed by atoms with Crippen LogP contribution in [0, 0.1) is 5.41 Å². The first-order valence-electron chi connectivity index (χ1n) is 7.88. The zero-order valence-corrected chi connectivity index (χ0v) is 13.3. The number of H-pyrrole nitrogens is 1. The van der Waals surface area contributed by atoms with Crippen molar-refractivity contribution >= 4 is 16.6 Å². The standard InChI is InChI=1S/C18H26N2O/c1-4-5-8-11-18(2,3)13-19-16-12-14-9-6-7-10-15(14)17(21)20-16/h6-7,9-10,12H,4-5,8,11,13H2,1-3H3,(H2,19,20,21). The lowest BCUT2D eigenvalue weighted by molar-refractivity contribution is 0.342. The van der Waals surface area contributed by atoms with Gasteiger partial charge in [0.15, 0.2) is 0 Å². The van der Waals surface area contributed by atoms with Gasteiger partial charge in [-0.1, -0.05) is 58.2 Å². The highest BCUT2D eigenvalue weighted by Crippen LogP contribution is 2.24. The molecule has 0 atom stereocenters. The van der Waals surface area contributed by atoms with E-state index < -0.39 is 0 Å². The van der Waals surface area contributed by atoms with Gasteiger partial charge in [0.25, 0.3) is 5.56 Å². The number of aromatic nitrogens is 1. The van der Waals surface area contributed by atoms with Crippen molar-refractivity contribution in [3.05, 3.63) is 40.7 Å². The fraction of sp³-hybridized carbons (Fsp3) is 0.500. The van der Waals surface area contributed by atoms with Crippen molar-refractivity contribution in [3.63, 3.8) is 0 Å². The van der Waals surface area contributed by atoms with Crippen molar-refractivity contribution in [3.8, 4) is 0 Å². The number of benzene rings is 1. The van der Waals surface area contributed by atoms with Gasteiger partial charge >= 0.3 is 0 Å². The molecule has 0 amide bonds. The maximum atomic E-state index is 12.0. The maximum absolute atomic E-state index is 12.0. The molecule has 1 aromatic carbocycles. The van der Waals surface area contributed by atoms with E-state index in [1.54, 1.807) is 0 Å². The second kappa shape index (κ2) is 6.79. The molecule has 0 saturated carbocycles. The lowest BCUT2D eigenvalue weighted by atomic mass is 9.87. The fourth-order valence-corrected chi connectivity index (χ4v) is 2.58. The summed E-state index contributed by atoms with van der Waals surface area (Å²) in [5.41, 5.74) is 0.205. The third kappa shape index (κ3) is 4.35. The molecule has 0 aliphatic heterocycles. The molecule has 3 heteroatoms. The molecule has 114 valence electrons. The van der Waals surface area contributed by atoms with E-state index in [9.17, 15) is 4.79 Å². The van der Waals surface area contributed by atoms with Crippen LogP contribution < -0.4 is 10.9 Å². The molecule has 21 heavy (non-hydrogen) atoms. The van der Waals surface area contributed by atoms with E-state index in [-0.39, 0.29) is 11.0 Å². The van der Waals surface area contributed by atoms with Crippen molar-refractivity contribution in [2.75, 3.05) is 11.9 Å². The summed E-state index contributed by atoms with van der Waals surface area (Å²) in [6.45, 7) is 7.64. The number of aromatic amines is 1. The first-order chi connectivity index (χ1) is 10.0. The van der Waals surface area contributed by atoms with Crippen molar-refractivity contribution in [2.45, 2.75) is 46.5 Å². The van der Waals surface area contributed by atoms with Gasteiger partial charge in [0.1, 0.15) is 5.82 Å². The molecular weight excluding hydrogens is 260 g/mol. The van der Waals surface area contributed by atoms with Crippen LogP contribution in [0.15, 0.2) is 35.1 Å². The molecule has 1 heterocycles. The number of pyridine rings is 1. The largest absolute Gasteiger partial charge is 0.371 e. The van der Waals surface area contributed by atoms with Crippen LogP contribution in [0.1, 0.15) is 46.5 Å². The summed E-state index contributed by atoms with van der Waals surface area (Å²) in [6, 6.07) is 9.69. The van der Waals surface area contributed by atoms with Crippen LogP contribution >= 0.6 is 0 Å². The minimum atomic E-state index is -0.0283. The van der Waals surface area contributed by atoms with Crippen LogP contribution in [-0.4, -0.2) is 11.5 Å². The minimum absolute atomic E-state index is 0.0283. The molecule has 0 aliphatic carbocycles. The van der Waals surface area contributed by atoms with Gasteiger partial charge in [0.2, 0.25) is 0 Å². The summed E-state index contributed by atoms with van der Waals surface area (Å²) >= 11 is 0. The molecule has 1 aromatic heterocycles. The number of hydrogen-bond donors (Lipinski definition) is 2. The molecule has 3 nitrogen and oxygen atoms in total. The van der Waals surface area contributed by atoms with Gasteiger partial charge in [-0.05, 0) is 29.4 Å². The average molecular weight is 286 g/mol. The monoisotopic (exact) mass is 286 g/mol. The van der Waals surface area contributed by atoms with Gasteiger partial charge in [0, 0.05) is 11.9 Å². The fourth-order valence-electron chi connectivity index (χ4n) is 2.58. The smallest absolute Gasteiger partial charge is 0.257 e. The molecule has 0 saturated heterocycles. The van der Waals surface area contributed by atoms with Crippen LogP contribution in [0.3, 0.4) is 0 Å². The summed E-state index contributed by atoms with van der Waals surface area (Å²) in [6.07, 6.45) is 5.00. The first kappa shape index (κ1) is 15.6. The highest BCUT2D eigenvalue weighted by molar-refractivity contribution is 5.83. The van der Waals surface area contributed by atoms with Gasteiger partial charge < -0.3 is 10.3 Å². The Bertz CT molecular complexity index is 643. The van der Waals surface area contributed by atoms with Gasteiger partial charge in [-0.3, -0.25) is 4.79 Å². The summed E-state index contributed by atoms with van der Waals surface area (Å²) < 4.78 is 0. The number of unbranched alkanes of at least 4 members (excludes halogenated alkanes) is 2. The Hall–Kier alpha value is -1.77.